The van der Waals surface area contributed by atoms with Gasteiger partial charge in [-0.2, -0.15) is 0 Å². The van der Waals surface area contributed by atoms with Crippen molar-refractivity contribution >= 4 is 27.3 Å². The molecule has 9 nitrogen and oxygen atoms in total. The topological polar surface area (TPSA) is 108 Å². The smallest absolute Gasteiger partial charge is 0.227 e. The Balaban J connectivity index is 1.41. The van der Waals surface area contributed by atoms with Gasteiger partial charge in [0.15, 0.2) is 0 Å². The fraction of sp³-hybridized carbons (Fsp3) is 0.556. The number of nitrogens with one attached hydrogen (secondary N) is 2. The van der Waals surface area contributed by atoms with Crippen LogP contribution in [-0.2, 0) is 14.8 Å². The lowest BCUT2D eigenvalue weighted by molar-refractivity contribution is -0.128. The highest BCUT2D eigenvalue weighted by atomic mass is 32.2. The molecule has 4 aliphatic rings. The predicted molar refractivity (Wildman–Crippen MR) is 142 cm³/mol. The van der Waals surface area contributed by atoms with Crippen molar-refractivity contribution in [2.24, 2.45) is 5.92 Å². The Morgan fingerprint density at radius 1 is 1.11 bits per heavy atom. The van der Waals surface area contributed by atoms with Crippen LogP contribution in [0.25, 0.3) is 11.1 Å². The van der Waals surface area contributed by atoms with Crippen molar-refractivity contribution in [2.75, 3.05) is 30.0 Å². The van der Waals surface area contributed by atoms with Gasteiger partial charge < -0.3 is 20.1 Å². The van der Waals surface area contributed by atoms with E-state index in [4.69, 9.17) is 4.52 Å². The third-order valence-electron chi connectivity index (χ3n) is 8.60. The molecule has 3 aliphatic heterocycles. The highest BCUT2D eigenvalue weighted by Gasteiger charge is 2.57. The summed E-state index contributed by atoms with van der Waals surface area (Å²) in [7, 11) is -3.30. The van der Waals surface area contributed by atoms with Crippen LogP contribution in [-0.4, -0.2) is 59.7 Å². The Morgan fingerprint density at radius 3 is 2.59 bits per heavy atom. The number of hydrogen-bond acceptors (Lipinski definition) is 7. The molecule has 37 heavy (non-hydrogen) atoms. The fourth-order valence-electron chi connectivity index (χ4n) is 6.84. The molecule has 1 amide bonds. The molecule has 1 aromatic carbocycles. The zero-order chi connectivity index (χ0) is 25.9. The van der Waals surface area contributed by atoms with E-state index >= 15 is 0 Å². The number of anilines is 2. The minimum atomic E-state index is -3.30. The lowest BCUT2D eigenvalue weighted by Crippen LogP contribution is -2.63. The molecule has 0 bridgehead atoms. The number of allylic oxidation sites excluding steroid dienone is 2. The van der Waals surface area contributed by atoms with Gasteiger partial charge in [0.05, 0.1) is 29.4 Å². The van der Waals surface area contributed by atoms with E-state index in [9.17, 15) is 13.2 Å². The molecular weight excluding hydrogens is 490 g/mol. The second-order valence-electron chi connectivity index (χ2n) is 10.9. The number of aryl methyl sites for hydroxylation is 2. The van der Waals surface area contributed by atoms with Crippen molar-refractivity contribution in [3.63, 3.8) is 0 Å². The van der Waals surface area contributed by atoms with E-state index in [-0.39, 0.29) is 17.9 Å². The van der Waals surface area contributed by atoms with Crippen LogP contribution in [0.3, 0.4) is 0 Å². The second kappa shape index (κ2) is 8.87. The van der Waals surface area contributed by atoms with Gasteiger partial charge in [0.2, 0.25) is 15.9 Å². The van der Waals surface area contributed by atoms with Crippen LogP contribution in [0, 0.1) is 19.8 Å². The van der Waals surface area contributed by atoms with Crippen LogP contribution in [0.4, 0.5) is 11.4 Å². The number of amides is 1. The van der Waals surface area contributed by atoms with E-state index in [0.717, 1.165) is 78.2 Å². The summed E-state index contributed by atoms with van der Waals surface area (Å²) in [4.78, 5) is 15.3. The number of hydrogen-bond donors (Lipinski definition) is 2. The summed E-state index contributed by atoms with van der Waals surface area (Å²) in [5.74, 6) is 0.914. The van der Waals surface area contributed by atoms with Crippen LogP contribution >= 0.6 is 0 Å². The number of carbonyl (C=O) groups is 1. The van der Waals surface area contributed by atoms with Crippen LogP contribution < -0.4 is 10.6 Å². The first kappa shape index (κ1) is 24.5. The summed E-state index contributed by atoms with van der Waals surface area (Å²) >= 11 is 0. The Kier molecular flexibility index (Phi) is 5.87. The normalized spacial score (nSPS) is 28.2. The van der Waals surface area contributed by atoms with E-state index in [2.05, 4.69) is 40.1 Å². The number of fused-ring (bicyclic) bond motifs is 1. The maximum absolute atomic E-state index is 13.3. The van der Waals surface area contributed by atoms with Crippen LogP contribution in [0.5, 0.6) is 0 Å². The van der Waals surface area contributed by atoms with Gasteiger partial charge >= 0.3 is 0 Å². The van der Waals surface area contributed by atoms with E-state index < -0.39 is 15.7 Å². The van der Waals surface area contributed by atoms with Crippen molar-refractivity contribution < 1.29 is 17.7 Å². The summed E-state index contributed by atoms with van der Waals surface area (Å²) in [6, 6.07) is 6.12. The Morgan fingerprint density at radius 2 is 1.92 bits per heavy atom. The number of rotatable bonds is 5. The molecule has 1 aromatic heterocycles. The third kappa shape index (κ3) is 4.05. The summed E-state index contributed by atoms with van der Waals surface area (Å²) in [5, 5.41) is 11.8. The van der Waals surface area contributed by atoms with Crippen molar-refractivity contribution in [1.29, 1.82) is 0 Å². The van der Waals surface area contributed by atoms with Gasteiger partial charge in [-0.05, 0) is 70.1 Å². The number of sulfonamides is 1. The van der Waals surface area contributed by atoms with Crippen LogP contribution in [0.2, 0.25) is 0 Å². The monoisotopic (exact) mass is 525 g/mol. The molecule has 10 heteroatoms. The van der Waals surface area contributed by atoms with Crippen molar-refractivity contribution in [2.45, 2.75) is 70.5 Å². The SMILES string of the molecule is Cc1noc(C)c1-c1ccc2c(c1)NC([C@@H]1CCN(S(C)(=O)=O)C1)([C@@H]1CCC(=O)N1C1=CCCCC1)N2. The molecule has 1 aliphatic carbocycles. The van der Waals surface area contributed by atoms with Crippen molar-refractivity contribution in [3.8, 4) is 11.1 Å². The lowest BCUT2D eigenvalue weighted by atomic mass is 9.83. The highest BCUT2D eigenvalue weighted by molar-refractivity contribution is 7.88. The average Bonchev–Trinajstić information content (AvgIpc) is 3.64. The van der Waals surface area contributed by atoms with Gasteiger partial charge in [0.25, 0.3) is 0 Å². The zero-order valence-corrected chi connectivity index (χ0v) is 22.5. The van der Waals surface area contributed by atoms with Crippen LogP contribution in [0.1, 0.15) is 56.4 Å². The molecule has 2 N–H and O–H groups in total. The summed E-state index contributed by atoms with van der Waals surface area (Å²) < 4.78 is 31.9. The molecule has 2 fully saturated rings. The molecule has 0 radical (unpaired) electrons. The molecule has 6 rings (SSSR count). The molecule has 0 spiro atoms. The largest absolute Gasteiger partial charge is 0.361 e. The number of aromatic nitrogens is 1. The molecule has 2 saturated heterocycles. The van der Waals surface area contributed by atoms with Gasteiger partial charge in [-0.3, -0.25) is 4.79 Å². The van der Waals surface area contributed by atoms with E-state index in [1.54, 1.807) is 4.31 Å². The summed E-state index contributed by atoms with van der Waals surface area (Å²) in [6.07, 6.45) is 9.57. The summed E-state index contributed by atoms with van der Waals surface area (Å²) in [6.45, 7) is 4.75. The number of carbonyl (C=O) groups excluding carboxylic acids is 1. The van der Waals surface area contributed by atoms with Crippen LogP contribution in [0.15, 0.2) is 34.5 Å². The Labute approximate surface area is 218 Å². The lowest BCUT2D eigenvalue weighted by Gasteiger charge is -2.46. The molecule has 4 heterocycles. The molecule has 3 atom stereocenters. The van der Waals surface area contributed by atoms with Gasteiger partial charge in [0.1, 0.15) is 11.4 Å². The number of nitrogens with zero attached hydrogens (tertiary/aromatic N) is 3. The molecule has 198 valence electrons. The van der Waals surface area contributed by atoms with Gasteiger partial charge in [-0.15, -0.1) is 0 Å². The number of likely N-dealkylation sites (tertiary alicyclic amines) is 1. The first-order chi connectivity index (χ1) is 17.7. The average molecular weight is 526 g/mol. The maximum Gasteiger partial charge on any atom is 0.227 e. The van der Waals surface area contributed by atoms with E-state index in [1.165, 1.54) is 6.26 Å². The van der Waals surface area contributed by atoms with Gasteiger partial charge in [-0.1, -0.05) is 17.3 Å². The third-order valence-corrected chi connectivity index (χ3v) is 9.87. The molecule has 2 aromatic rings. The standard InChI is InChI=1S/C27H35N5O4S/c1-17-26(18(2)36-30-17)19-9-10-22-23(15-19)29-27(28-22,20-13-14-31(16-20)37(3,34)35)24-11-12-25(33)32(24)21-7-5-4-6-8-21/h7,9-10,15,20,24,28-29H,4-6,8,11-14,16H2,1-3H3/t20-,24+,27?/m1/s1. The molecule has 1 unspecified atom stereocenters. The molecule has 0 saturated carbocycles. The Bertz CT molecular complexity index is 1360. The molecular formula is C27H35N5O4S. The second-order valence-corrected chi connectivity index (χ2v) is 12.9. The fourth-order valence-corrected chi connectivity index (χ4v) is 7.73. The maximum atomic E-state index is 13.3. The summed E-state index contributed by atoms with van der Waals surface area (Å²) in [5.41, 5.74) is 5.19. The van der Waals surface area contributed by atoms with Crippen molar-refractivity contribution in [1.82, 2.24) is 14.4 Å². The predicted octanol–water partition coefficient (Wildman–Crippen LogP) is 4.22. The van der Waals surface area contributed by atoms with Crippen molar-refractivity contribution in [3.05, 3.63) is 41.4 Å². The van der Waals surface area contributed by atoms with Gasteiger partial charge in [0, 0.05) is 36.7 Å². The minimum absolute atomic E-state index is 0.0141. The number of benzene rings is 1. The Hall–Kier alpha value is -2.85. The first-order valence-corrected chi connectivity index (χ1v) is 15.1. The first-order valence-electron chi connectivity index (χ1n) is 13.3. The highest BCUT2D eigenvalue weighted by Crippen LogP contribution is 2.49. The zero-order valence-electron chi connectivity index (χ0n) is 21.7. The van der Waals surface area contributed by atoms with E-state index in [0.29, 0.717) is 19.5 Å². The van der Waals surface area contributed by atoms with Gasteiger partial charge in [-0.25, -0.2) is 12.7 Å². The minimum Gasteiger partial charge on any atom is -0.361 e. The van der Waals surface area contributed by atoms with E-state index in [1.807, 2.05) is 18.7 Å². The quantitative estimate of drug-likeness (QED) is 0.602.